The van der Waals surface area contributed by atoms with Crippen molar-refractivity contribution in [3.63, 3.8) is 0 Å². The number of carbonyl (C=O) groups is 3. The molecule has 10 heteroatoms. The number of benzene rings is 2. The highest BCUT2D eigenvalue weighted by Crippen LogP contribution is 2.37. The lowest BCUT2D eigenvalue weighted by Crippen LogP contribution is -2.55. The lowest BCUT2D eigenvalue weighted by Gasteiger charge is -2.33. The number of carbonyl (C=O) groups excluding carboxylic acids is 3. The van der Waals surface area contributed by atoms with Crippen LogP contribution in [0, 0.1) is 5.92 Å². The van der Waals surface area contributed by atoms with Gasteiger partial charge in [-0.2, -0.15) is 0 Å². The summed E-state index contributed by atoms with van der Waals surface area (Å²) in [5.74, 6) is -0.145. The van der Waals surface area contributed by atoms with Crippen LogP contribution in [0.25, 0.3) is 10.9 Å². The van der Waals surface area contributed by atoms with Gasteiger partial charge in [0.05, 0.1) is 24.9 Å². The summed E-state index contributed by atoms with van der Waals surface area (Å²) < 4.78 is 22.1. The van der Waals surface area contributed by atoms with Gasteiger partial charge in [-0.1, -0.05) is 44.2 Å². The first-order valence-corrected chi connectivity index (χ1v) is 14.9. The SMILES string of the molecule is COCc1cc(COc2ccc(C3(NC(=O)OC(C)(C)C)CCN(C(CC(C)C)C(=O)OC)C3=O)cc2)c2ccccc2n1. The maximum Gasteiger partial charge on any atom is 0.408 e. The van der Waals surface area contributed by atoms with Crippen molar-refractivity contribution in [1.29, 1.82) is 0 Å². The van der Waals surface area contributed by atoms with E-state index in [0.29, 0.717) is 30.9 Å². The molecule has 0 bridgehead atoms. The molecule has 0 aliphatic carbocycles. The molecule has 1 aromatic heterocycles. The third kappa shape index (κ3) is 7.48. The summed E-state index contributed by atoms with van der Waals surface area (Å²) in [6.45, 7) is 10.2. The maximum absolute atomic E-state index is 14.2. The molecule has 2 amide bonds. The average molecular weight is 606 g/mol. The molecule has 44 heavy (non-hydrogen) atoms. The molecule has 2 aromatic carbocycles. The Bertz CT molecular complexity index is 1480. The normalized spacial score (nSPS) is 17.5. The lowest BCUT2D eigenvalue weighted by molar-refractivity contribution is -0.153. The quantitative estimate of drug-likeness (QED) is 0.285. The number of likely N-dealkylation sites (tertiary alicyclic amines) is 1. The number of methoxy groups -OCH3 is 2. The fraction of sp³-hybridized carbons (Fsp3) is 0.471. The van der Waals surface area contributed by atoms with E-state index < -0.39 is 29.2 Å². The van der Waals surface area contributed by atoms with Crippen LogP contribution in [-0.2, 0) is 42.6 Å². The van der Waals surface area contributed by atoms with Crippen LogP contribution in [-0.4, -0.2) is 60.3 Å². The number of aromatic nitrogens is 1. The molecule has 2 heterocycles. The monoisotopic (exact) mass is 605 g/mol. The zero-order chi connectivity index (χ0) is 32.1. The van der Waals surface area contributed by atoms with Crippen molar-refractivity contribution >= 4 is 28.9 Å². The summed E-state index contributed by atoms with van der Waals surface area (Å²) in [6.07, 6.45) is -0.0334. The lowest BCUT2D eigenvalue weighted by atomic mass is 9.88. The molecule has 10 nitrogen and oxygen atoms in total. The number of para-hydroxylation sites is 1. The largest absolute Gasteiger partial charge is 0.489 e. The second-order valence-electron chi connectivity index (χ2n) is 12.5. The van der Waals surface area contributed by atoms with Gasteiger partial charge in [0.15, 0.2) is 0 Å². The summed E-state index contributed by atoms with van der Waals surface area (Å²) in [4.78, 5) is 46.2. The number of amides is 2. The number of hydrogen-bond acceptors (Lipinski definition) is 8. The Kier molecular flexibility index (Phi) is 10.1. The third-order valence-electron chi connectivity index (χ3n) is 7.50. The molecule has 3 aromatic rings. The molecule has 4 rings (SSSR count). The third-order valence-corrected chi connectivity index (χ3v) is 7.50. The predicted molar refractivity (Wildman–Crippen MR) is 166 cm³/mol. The molecule has 1 aliphatic heterocycles. The van der Waals surface area contributed by atoms with Gasteiger partial charge in [0.1, 0.15) is 29.5 Å². The number of pyridine rings is 1. The number of ether oxygens (including phenoxy) is 4. The molecule has 2 unspecified atom stereocenters. The zero-order valence-corrected chi connectivity index (χ0v) is 26.6. The van der Waals surface area contributed by atoms with E-state index in [9.17, 15) is 14.4 Å². The van der Waals surface area contributed by atoms with Crippen LogP contribution in [0.15, 0.2) is 54.6 Å². The number of alkyl carbamates (subject to hydrolysis) is 1. The van der Waals surface area contributed by atoms with Crippen molar-refractivity contribution in [3.8, 4) is 5.75 Å². The van der Waals surface area contributed by atoms with E-state index in [4.69, 9.17) is 18.9 Å². The van der Waals surface area contributed by atoms with Gasteiger partial charge in [-0.05, 0) is 62.9 Å². The molecule has 1 N–H and O–H groups in total. The number of nitrogens with one attached hydrogen (secondary N) is 1. The van der Waals surface area contributed by atoms with Crippen LogP contribution in [0.1, 0.15) is 64.3 Å². The Hall–Kier alpha value is -4.18. The number of fused-ring (bicyclic) bond motifs is 1. The average Bonchev–Trinajstić information content (AvgIpc) is 3.29. The fourth-order valence-electron chi connectivity index (χ4n) is 5.55. The van der Waals surface area contributed by atoms with E-state index in [-0.39, 0.29) is 24.8 Å². The van der Waals surface area contributed by atoms with Crippen molar-refractivity contribution in [2.24, 2.45) is 5.92 Å². The van der Waals surface area contributed by atoms with Gasteiger partial charge in [-0.3, -0.25) is 9.78 Å². The zero-order valence-electron chi connectivity index (χ0n) is 26.6. The highest BCUT2D eigenvalue weighted by atomic mass is 16.6. The minimum Gasteiger partial charge on any atom is -0.489 e. The first kappa shape index (κ1) is 32.7. The Balaban J connectivity index is 1.62. The van der Waals surface area contributed by atoms with Crippen molar-refractivity contribution in [2.45, 2.75) is 77.9 Å². The van der Waals surface area contributed by atoms with Crippen molar-refractivity contribution in [2.75, 3.05) is 20.8 Å². The summed E-state index contributed by atoms with van der Waals surface area (Å²) in [5.41, 5.74) is 1.00. The molecule has 236 valence electrons. The van der Waals surface area contributed by atoms with Gasteiger partial charge < -0.3 is 29.2 Å². The number of esters is 1. The van der Waals surface area contributed by atoms with E-state index in [1.54, 1.807) is 52.1 Å². The van der Waals surface area contributed by atoms with E-state index >= 15 is 0 Å². The predicted octanol–water partition coefficient (Wildman–Crippen LogP) is 5.50. The molecule has 1 saturated heterocycles. The van der Waals surface area contributed by atoms with E-state index in [2.05, 4.69) is 10.3 Å². The molecule has 0 saturated carbocycles. The van der Waals surface area contributed by atoms with Crippen LogP contribution in [0.5, 0.6) is 5.75 Å². The van der Waals surface area contributed by atoms with Crippen LogP contribution in [0.3, 0.4) is 0 Å². The fourth-order valence-corrected chi connectivity index (χ4v) is 5.55. The number of hydrogen-bond donors (Lipinski definition) is 1. The van der Waals surface area contributed by atoms with Gasteiger partial charge >= 0.3 is 12.1 Å². The molecule has 1 aliphatic rings. The van der Waals surface area contributed by atoms with Gasteiger partial charge in [-0.25, -0.2) is 9.59 Å². The van der Waals surface area contributed by atoms with Crippen molar-refractivity contribution < 1.29 is 33.3 Å². The molecule has 2 atom stereocenters. The summed E-state index contributed by atoms with van der Waals surface area (Å²) in [5, 5.41) is 3.85. The van der Waals surface area contributed by atoms with E-state index in [0.717, 1.165) is 22.2 Å². The Morgan fingerprint density at radius 3 is 2.39 bits per heavy atom. The first-order chi connectivity index (χ1) is 20.9. The second-order valence-corrected chi connectivity index (χ2v) is 12.5. The highest BCUT2D eigenvalue weighted by molar-refractivity contribution is 5.96. The molecule has 0 radical (unpaired) electrons. The van der Waals surface area contributed by atoms with Gasteiger partial charge in [0.25, 0.3) is 5.91 Å². The minimum absolute atomic E-state index is 0.139. The van der Waals surface area contributed by atoms with Gasteiger partial charge in [0, 0.05) is 31.0 Å². The number of rotatable bonds is 11. The molecular formula is C34H43N3O7. The minimum atomic E-state index is -1.43. The standard InChI is InChI=1S/C34H43N3O7/c1-22(2)18-29(30(38)42-7)37-17-16-34(31(37)39,36-32(40)44-33(3,4)5)24-12-14-26(15-13-24)43-20-23-19-25(21-41-6)35-28-11-9-8-10-27(23)28/h8-15,19,22,29H,16-18,20-21H2,1-7H3,(H,36,40). The second kappa shape index (κ2) is 13.6. The molecule has 0 spiro atoms. The summed E-state index contributed by atoms with van der Waals surface area (Å²) >= 11 is 0. The summed E-state index contributed by atoms with van der Waals surface area (Å²) in [6, 6.07) is 16.2. The van der Waals surface area contributed by atoms with Crippen LogP contribution in [0.4, 0.5) is 4.79 Å². The van der Waals surface area contributed by atoms with Crippen LogP contribution >= 0.6 is 0 Å². The van der Waals surface area contributed by atoms with E-state index in [1.165, 1.54) is 12.0 Å². The van der Waals surface area contributed by atoms with Crippen LogP contribution < -0.4 is 10.1 Å². The van der Waals surface area contributed by atoms with Gasteiger partial charge in [-0.15, -0.1) is 0 Å². The topological polar surface area (TPSA) is 116 Å². The van der Waals surface area contributed by atoms with E-state index in [1.807, 2.05) is 44.2 Å². The van der Waals surface area contributed by atoms with Crippen molar-refractivity contribution in [1.82, 2.24) is 15.2 Å². The Morgan fingerprint density at radius 2 is 1.75 bits per heavy atom. The first-order valence-electron chi connectivity index (χ1n) is 14.9. The maximum atomic E-state index is 14.2. The molecule has 1 fully saturated rings. The Labute approximate surface area is 259 Å². The molecular weight excluding hydrogens is 562 g/mol. The number of nitrogens with zero attached hydrogens (tertiary/aromatic N) is 2. The highest BCUT2D eigenvalue weighted by Gasteiger charge is 2.53. The van der Waals surface area contributed by atoms with Crippen molar-refractivity contribution in [3.05, 3.63) is 71.4 Å². The van der Waals surface area contributed by atoms with Crippen LogP contribution in [0.2, 0.25) is 0 Å². The summed E-state index contributed by atoms with van der Waals surface area (Å²) in [7, 11) is 2.95. The Morgan fingerprint density at radius 1 is 1.05 bits per heavy atom. The van der Waals surface area contributed by atoms with Gasteiger partial charge in [0.2, 0.25) is 0 Å². The smallest absolute Gasteiger partial charge is 0.408 e.